The first-order valence-corrected chi connectivity index (χ1v) is 17.8. The van der Waals surface area contributed by atoms with Crippen molar-refractivity contribution in [3.05, 3.63) is 90.5 Å². The van der Waals surface area contributed by atoms with Crippen LogP contribution in [0.3, 0.4) is 0 Å². The van der Waals surface area contributed by atoms with Crippen LogP contribution in [0.5, 0.6) is 0 Å². The summed E-state index contributed by atoms with van der Waals surface area (Å²) in [6, 6.07) is 13.2. The number of fused-ring (bicyclic) bond motifs is 1. The van der Waals surface area contributed by atoms with Crippen molar-refractivity contribution in [3.63, 3.8) is 0 Å². The number of benzene rings is 2. The van der Waals surface area contributed by atoms with Gasteiger partial charge in [0.05, 0.1) is 43.2 Å². The van der Waals surface area contributed by atoms with E-state index in [1.165, 1.54) is 16.9 Å². The van der Waals surface area contributed by atoms with Gasteiger partial charge in [0.25, 0.3) is 5.91 Å². The quantitative estimate of drug-likeness (QED) is 0.179. The number of nitrogens with one attached hydrogen (secondary N) is 1. The lowest BCUT2D eigenvalue weighted by molar-refractivity contribution is -0.163. The molecule has 0 radical (unpaired) electrons. The Bertz CT molecular complexity index is 1590. The maximum Gasteiger partial charge on any atom is 0.313 e. The molecule has 0 aromatic heterocycles. The first-order chi connectivity index (χ1) is 24.5. The minimum Gasteiger partial charge on any atom is -0.455 e. The molecule has 2 aromatic rings. The second-order valence-corrected chi connectivity index (χ2v) is 14.2. The third-order valence-electron chi connectivity index (χ3n) is 10.3. The summed E-state index contributed by atoms with van der Waals surface area (Å²) in [5, 5.41) is 14.1. The molecule has 3 aliphatic rings. The first kappa shape index (κ1) is 38.2. The van der Waals surface area contributed by atoms with Crippen LogP contribution in [0.15, 0.2) is 79.9 Å². The Kier molecular flexibility index (Phi) is 12.4. The highest BCUT2D eigenvalue weighted by molar-refractivity contribution is 6.30. The number of anilines is 1. The van der Waals surface area contributed by atoms with Crippen LogP contribution in [-0.2, 0) is 33.4 Å². The molecule has 3 fully saturated rings. The van der Waals surface area contributed by atoms with Gasteiger partial charge in [-0.1, -0.05) is 67.9 Å². The van der Waals surface area contributed by atoms with Crippen molar-refractivity contribution >= 4 is 41.0 Å². The van der Waals surface area contributed by atoms with Gasteiger partial charge in [-0.05, 0) is 55.0 Å². The van der Waals surface area contributed by atoms with E-state index in [0.29, 0.717) is 35.5 Å². The number of carbonyl (C=O) groups excluding carboxylic acids is 4. The highest BCUT2D eigenvalue weighted by Gasteiger charge is 2.76. The van der Waals surface area contributed by atoms with E-state index in [-0.39, 0.29) is 31.4 Å². The third kappa shape index (κ3) is 7.48. The topological polar surface area (TPSA) is 135 Å². The second-order valence-electron chi connectivity index (χ2n) is 13.7. The predicted octanol–water partition coefficient (Wildman–Crippen LogP) is 4.63. The highest BCUT2D eigenvalue weighted by Crippen LogP contribution is 2.59. The molecule has 3 saturated heterocycles. The van der Waals surface area contributed by atoms with Gasteiger partial charge >= 0.3 is 5.97 Å². The first-order valence-electron chi connectivity index (χ1n) is 17.5. The average Bonchev–Trinajstić information content (AvgIpc) is 3.77. The molecule has 8 atom stereocenters. The predicted molar refractivity (Wildman–Crippen MR) is 193 cm³/mol. The van der Waals surface area contributed by atoms with Gasteiger partial charge in [0.1, 0.15) is 17.7 Å². The summed E-state index contributed by atoms with van der Waals surface area (Å²) in [6.07, 6.45) is 3.05. The molecule has 51 heavy (non-hydrogen) atoms. The molecule has 2 N–H and O–H groups in total. The Morgan fingerprint density at radius 1 is 1.14 bits per heavy atom. The molecular formula is C39H48ClN3O8. The number of likely N-dealkylation sites (tertiary alicyclic amines) is 1. The fourth-order valence-electron chi connectivity index (χ4n) is 7.96. The van der Waals surface area contributed by atoms with E-state index < -0.39 is 72.2 Å². The van der Waals surface area contributed by atoms with E-state index in [1.54, 1.807) is 60.7 Å². The van der Waals surface area contributed by atoms with Gasteiger partial charge in [0.15, 0.2) is 0 Å². The second kappa shape index (κ2) is 16.5. The molecule has 3 amide bonds. The van der Waals surface area contributed by atoms with Crippen molar-refractivity contribution in [2.45, 2.75) is 75.5 Å². The van der Waals surface area contributed by atoms with Crippen molar-refractivity contribution in [2.75, 3.05) is 31.8 Å². The molecular weight excluding hydrogens is 674 g/mol. The molecule has 0 aliphatic carbocycles. The zero-order chi connectivity index (χ0) is 36.9. The van der Waals surface area contributed by atoms with Gasteiger partial charge in [-0.25, -0.2) is 0 Å². The number of halogens is 1. The number of rotatable bonds is 17. The van der Waals surface area contributed by atoms with Crippen LogP contribution >= 0.6 is 11.6 Å². The van der Waals surface area contributed by atoms with E-state index in [0.717, 1.165) is 0 Å². The van der Waals surface area contributed by atoms with E-state index in [2.05, 4.69) is 18.5 Å². The summed E-state index contributed by atoms with van der Waals surface area (Å²) < 4.78 is 18.4. The molecule has 5 rings (SSSR count). The summed E-state index contributed by atoms with van der Waals surface area (Å²) in [4.78, 5) is 59.9. The summed E-state index contributed by atoms with van der Waals surface area (Å²) in [5.74, 6) is -4.08. The van der Waals surface area contributed by atoms with Gasteiger partial charge < -0.3 is 34.4 Å². The van der Waals surface area contributed by atoms with Crippen LogP contribution in [0, 0.1) is 17.8 Å². The number of esters is 1. The minimum absolute atomic E-state index is 0.0460. The maximum absolute atomic E-state index is 14.8. The van der Waals surface area contributed by atoms with E-state index in [4.69, 9.17) is 25.8 Å². The van der Waals surface area contributed by atoms with Crippen molar-refractivity contribution in [2.24, 2.45) is 17.8 Å². The smallest absolute Gasteiger partial charge is 0.313 e. The molecule has 274 valence electrons. The van der Waals surface area contributed by atoms with Crippen LogP contribution in [-0.4, -0.2) is 90.4 Å². The Hall–Kier alpha value is -4.03. The van der Waals surface area contributed by atoms with Crippen molar-refractivity contribution in [1.29, 1.82) is 0 Å². The lowest BCUT2D eigenvalue weighted by atomic mass is 9.70. The fraction of sp³-hybridized carbons (Fsp3) is 0.487. The van der Waals surface area contributed by atoms with Gasteiger partial charge in [-0.2, -0.15) is 0 Å². The number of hydrogen-bond donors (Lipinski definition) is 2. The Balaban J connectivity index is 1.53. The number of hydrogen-bond acceptors (Lipinski definition) is 8. The Morgan fingerprint density at radius 3 is 2.45 bits per heavy atom. The number of carbonyl (C=O) groups is 4. The number of amides is 3. The number of aliphatic hydroxyl groups excluding tert-OH is 1. The SMILES string of the molecule is C=CCCC(=O)N[C@H](COC)[C@H](OC(=O)[C@@H]1[C@@H]2CC[C@]3(O2)[C@H](C(=O)N(CC=C)c2ccc(Cl)cc2)N([C@@H](CO)C(C)C)C(=O)[C@@H]13)c1ccccc1. The zero-order valence-electron chi connectivity index (χ0n) is 29.4. The number of aliphatic hydroxyl groups is 1. The number of nitrogens with zero attached hydrogens (tertiary/aromatic N) is 2. The average molecular weight is 722 g/mol. The van der Waals surface area contributed by atoms with E-state index >= 15 is 0 Å². The van der Waals surface area contributed by atoms with Gasteiger partial charge in [0, 0.05) is 30.8 Å². The Labute approximate surface area is 304 Å². The lowest BCUT2D eigenvalue weighted by Gasteiger charge is -2.40. The van der Waals surface area contributed by atoms with Gasteiger partial charge in [-0.15, -0.1) is 13.2 Å². The standard InChI is InChI=1S/C39H48ClN3O8/c1-6-8-14-31(45)41-28(23-49-5)34(25-12-10-9-11-13-25)50-38(48)32-30-19-20-39(51-30)33(32)36(46)43(29(22-44)24(3)4)35(39)37(47)42(21-7-2)27-17-15-26(40)16-18-27/h6-7,9-13,15-18,24,28-30,32-35,44H,1-2,8,14,19-23H2,3-5H3,(H,41,45)/t28-,29+,30+,32-,33-,34-,35+,39-/m1/s1. The highest BCUT2D eigenvalue weighted by atomic mass is 35.5. The van der Waals surface area contributed by atoms with Crippen LogP contribution in [0.25, 0.3) is 0 Å². The number of ether oxygens (including phenoxy) is 3. The molecule has 3 heterocycles. The van der Waals surface area contributed by atoms with Gasteiger partial charge in [0.2, 0.25) is 11.8 Å². The summed E-state index contributed by atoms with van der Waals surface area (Å²) in [5.41, 5.74) is -0.162. The molecule has 12 heteroatoms. The Morgan fingerprint density at radius 2 is 1.84 bits per heavy atom. The largest absolute Gasteiger partial charge is 0.455 e. The molecule has 11 nitrogen and oxygen atoms in total. The third-order valence-corrected chi connectivity index (χ3v) is 10.5. The number of methoxy groups -OCH3 is 1. The lowest BCUT2D eigenvalue weighted by Crippen LogP contribution is -2.59. The van der Waals surface area contributed by atoms with Crippen LogP contribution in [0.2, 0.25) is 5.02 Å². The molecule has 2 aromatic carbocycles. The van der Waals surface area contributed by atoms with Crippen LogP contribution in [0.1, 0.15) is 51.2 Å². The van der Waals surface area contributed by atoms with Crippen molar-refractivity contribution in [1.82, 2.24) is 10.2 Å². The summed E-state index contributed by atoms with van der Waals surface area (Å²) in [7, 11) is 1.50. The fourth-order valence-corrected chi connectivity index (χ4v) is 8.09. The van der Waals surface area contributed by atoms with E-state index in [1.807, 2.05) is 19.9 Å². The summed E-state index contributed by atoms with van der Waals surface area (Å²) >= 11 is 6.16. The molecule has 2 bridgehead atoms. The molecule has 3 aliphatic heterocycles. The summed E-state index contributed by atoms with van der Waals surface area (Å²) in [6.45, 7) is 11.1. The van der Waals surface area contributed by atoms with E-state index in [9.17, 15) is 24.3 Å². The minimum atomic E-state index is -1.34. The molecule has 1 spiro atoms. The molecule has 0 unspecified atom stereocenters. The van der Waals surface area contributed by atoms with Crippen molar-refractivity contribution < 1.29 is 38.5 Å². The zero-order valence-corrected chi connectivity index (χ0v) is 30.2. The van der Waals surface area contributed by atoms with Crippen LogP contribution in [0.4, 0.5) is 5.69 Å². The normalized spacial score (nSPS) is 25.2. The monoisotopic (exact) mass is 721 g/mol. The molecule has 0 saturated carbocycles. The van der Waals surface area contributed by atoms with Crippen molar-refractivity contribution in [3.8, 4) is 0 Å². The van der Waals surface area contributed by atoms with Gasteiger partial charge in [-0.3, -0.25) is 19.2 Å². The number of allylic oxidation sites excluding steroid dienone is 1. The van der Waals surface area contributed by atoms with Crippen LogP contribution < -0.4 is 10.2 Å². The maximum atomic E-state index is 14.8.